The fourth-order valence-corrected chi connectivity index (χ4v) is 3.35. The highest BCUT2D eigenvalue weighted by Crippen LogP contribution is 2.29. The number of pyridine rings is 1. The maximum absolute atomic E-state index is 12.7. The molecular formula is C21H21F3N6O. The third kappa shape index (κ3) is 5.14. The number of carbonyl (C=O) groups is 1. The van der Waals surface area contributed by atoms with Crippen LogP contribution in [0.2, 0.25) is 0 Å². The van der Waals surface area contributed by atoms with Gasteiger partial charge in [0.1, 0.15) is 5.82 Å². The van der Waals surface area contributed by atoms with E-state index in [2.05, 4.69) is 15.4 Å². The normalized spacial score (nSPS) is 14.5. The fourth-order valence-electron chi connectivity index (χ4n) is 3.35. The van der Waals surface area contributed by atoms with E-state index in [9.17, 15) is 18.0 Å². The van der Waals surface area contributed by atoms with Gasteiger partial charge in [-0.2, -0.15) is 18.3 Å². The first kappa shape index (κ1) is 20.7. The van der Waals surface area contributed by atoms with Crippen LogP contribution in [0.4, 0.5) is 29.6 Å². The van der Waals surface area contributed by atoms with Crippen molar-refractivity contribution in [1.29, 1.82) is 0 Å². The van der Waals surface area contributed by atoms with Gasteiger partial charge >= 0.3 is 12.2 Å². The lowest BCUT2D eigenvalue weighted by molar-refractivity contribution is -0.137. The number of aromatic nitrogens is 3. The summed E-state index contributed by atoms with van der Waals surface area (Å²) in [4.78, 5) is 20.0. The summed E-state index contributed by atoms with van der Waals surface area (Å²) in [6, 6.07) is 13.7. The average Bonchev–Trinajstić information content (AvgIpc) is 3.20. The van der Waals surface area contributed by atoms with E-state index < -0.39 is 11.7 Å². The number of halogens is 3. The molecule has 1 aromatic carbocycles. The summed E-state index contributed by atoms with van der Waals surface area (Å²) in [6.07, 6.45) is -1.77. The number of nitrogens with zero attached hydrogens (tertiary/aromatic N) is 5. The van der Waals surface area contributed by atoms with Gasteiger partial charge in [0.25, 0.3) is 0 Å². The number of carbonyl (C=O) groups excluding carboxylic acids is 1. The second kappa shape index (κ2) is 8.66. The Bertz CT molecular complexity index is 1010. The maximum atomic E-state index is 12.7. The summed E-state index contributed by atoms with van der Waals surface area (Å²) in [7, 11) is 0. The third-order valence-electron chi connectivity index (χ3n) is 5.03. The molecule has 1 N–H and O–H groups in total. The number of nitrogens with one attached hydrogen (secondary N) is 1. The molecule has 0 saturated carbocycles. The first-order valence-electron chi connectivity index (χ1n) is 9.80. The SMILES string of the molecule is O=C(Nc1ccn(Cc2ccccc2)n1)N1CCN(c2ccc(C(F)(F)F)cn2)CC1. The van der Waals surface area contributed by atoms with E-state index in [0.717, 1.165) is 17.8 Å². The van der Waals surface area contributed by atoms with Crippen LogP contribution in [0.3, 0.4) is 0 Å². The van der Waals surface area contributed by atoms with Crippen molar-refractivity contribution in [2.24, 2.45) is 0 Å². The number of urea groups is 1. The van der Waals surface area contributed by atoms with Crippen LogP contribution in [0.5, 0.6) is 0 Å². The van der Waals surface area contributed by atoms with Crippen molar-refractivity contribution in [1.82, 2.24) is 19.7 Å². The minimum absolute atomic E-state index is 0.259. The van der Waals surface area contributed by atoms with Gasteiger partial charge in [-0.3, -0.25) is 10.00 Å². The standard InChI is InChI=1S/C21H21F3N6O/c22-21(23,24)17-6-7-19(25-14-17)28-10-12-29(13-11-28)20(31)26-18-8-9-30(27-18)15-16-4-2-1-3-5-16/h1-9,14H,10-13,15H2,(H,26,27,31). The summed E-state index contributed by atoms with van der Waals surface area (Å²) in [5, 5.41) is 7.17. The molecule has 1 fully saturated rings. The van der Waals surface area contributed by atoms with Crippen LogP contribution in [-0.2, 0) is 12.7 Å². The monoisotopic (exact) mass is 430 g/mol. The Morgan fingerprint density at radius 3 is 2.39 bits per heavy atom. The van der Waals surface area contributed by atoms with Crippen molar-refractivity contribution in [3.8, 4) is 0 Å². The van der Waals surface area contributed by atoms with E-state index in [1.165, 1.54) is 6.07 Å². The van der Waals surface area contributed by atoms with Crippen LogP contribution in [0.15, 0.2) is 60.9 Å². The van der Waals surface area contributed by atoms with E-state index in [1.807, 2.05) is 35.2 Å². The van der Waals surface area contributed by atoms with Gasteiger partial charge in [0.2, 0.25) is 0 Å². The zero-order valence-corrected chi connectivity index (χ0v) is 16.6. The van der Waals surface area contributed by atoms with Crippen LogP contribution in [-0.4, -0.2) is 51.9 Å². The van der Waals surface area contributed by atoms with Gasteiger partial charge in [-0.25, -0.2) is 9.78 Å². The number of piperazine rings is 1. The molecule has 2 amide bonds. The number of hydrogen-bond donors (Lipinski definition) is 1. The molecule has 0 bridgehead atoms. The molecule has 0 atom stereocenters. The number of rotatable bonds is 4. The zero-order valence-electron chi connectivity index (χ0n) is 16.6. The summed E-state index contributed by atoms with van der Waals surface area (Å²) in [5.41, 5.74) is 0.331. The Morgan fingerprint density at radius 2 is 1.74 bits per heavy atom. The summed E-state index contributed by atoms with van der Waals surface area (Å²) >= 11 is 0. The molecule has 1 aliphatic heterocycles. The highest BCUT2D eigenvalue weighted by molar-refractivity contribution is 5.88. The van der Waals surface area contributed by atoms with E-state index >= 15 is 0 Å². The molecule has 162 valence electrons. The lowest BCUT2D eigenvalue weighted by Gasteiger charge is -2.35. The second-order valence-electron chi connectivity index (χ2n) is 7.19. The molecule has 2 aromatic heterocycles. The maximum Gasteiger partial charge on any atom is 0.417 e. The summed E-state index contributed by atoms with van der Waals surface area (Å²) in [5.74, 6) is 0.931. The van der Waals surface area contributed by atoms with Gasteiger partial charge in [-0.05, 0) is 17.7 Å². The number of amides is 2. The smallest absolute Gasteiger partial charge is 0.353 e. The molecule has 0 spiro atoms. The average molecular weight is 430 g/mol. The van der Waals surface area contributed by atoms with Gasteiger partial charge < -0.3 is 9.80 Å². The van der Waals surface area contributed by atoms with Crippen molar-refractivity contribution in [3.63, 3.8) is 0 Å². The first-order valence-corrected chi connectivity index (χ1v) is 9.80. The second-order valence-corrected chi connectivity index (χ2v) is 7.19. The van der Waals surface area contributed by atoms with Crippen LogP contribution in [0.25, 0.3) is 0 Å². The fraction of sp³-hybridized carbons (Fsp3) is 0.286. The van der Waals surface area contributed by atoms with Gasteiger partial charge in [-0.15, -0.1) is 0 Å². The van der Waals surface area contributed by atoms with Crippen molar-refractivity contribution >= 4 is 17.7 Å². The molecule has 0 aliphatic carbocycles. The molecule has 7 nitrogen and oxygen atoms in total. The van der Waals surface area contributed by atoms with E-state index in [4.69, 9.17) is 0 Å². The zero-order chi connectivity index (χ0) is 21.8. The van der Waals surface area contributed by atoms with Crippen LogP contribution < -0.4 is 10.2 Å². The molecule has 10 heteroatoms. The first-order chi connectivity index (χ1) is 14.9. The van der Waals surface area contributed by atoms with E-state index in [1.54, 1.807) is 21.8 Å². The number of benzene rings is 1. The van der Waals surface area contributed by atoms with Crippen molar-refractivity contribution in [2.75, 3.05) is 36.4 Å². The van der Waals surface area contributed by atoms with Crippen molar-refractivity contribution < 1.29 is 18.0 Å². The molecule has 0 radical (unpaired) electrons. The minimum Gasteiger partial charge on any atom is -0.353 e. The van der Waals surface area contributed by atoms with Gasteiger partial charge in [0.15, 0.2) is 5.82 Å². The topological polar surface area (TPSA) is 66.3 Å². The Morgan fingerprint density at radius 1 is 1.00 bits per heavy atom. The molecular weight excluding hydrogens is 409 g/mol. The molecule has 0 unspecified atom stereocenters. The highest BCUT2D eigenvalue weighted by atomic mass is 19.4. The number of alkyl halides is 3. The lowest BCUT2D eigenvalue weighted by Crippen LogP contribution is -2.50. The van der Waals surface area contributed by atoms with Gasteiger partial charge in [0, 0.05) is 44.6 Å². The molecule has 3 heterocycles. The quantitative estimate of drug-likeness (QED) is 0.686. The minimum atomic E-state index is -4.41. The van der Waals surface area contributed by atoms with Crippen LogP contribution in [0.1, 0.15) is 11.1 Å². The van der Waals surface area contributed by atoms with Crippen LogP contribution >= 0.6 is 0 Å². The van der Waals surface area contributed by atoms with Gasteiger partial charge in [-0.1, -0.05) is 30.3 Å². The molecule has 3 aromatic rings. The Balaban J connectivity index is 1.29. The van der Waals surface area contributed by atoms with Crippen molar-refractivity contribution in [3.05, 3.63) is 72.1 Å². The third-order valence-corrected chi connectivity index (χ3v) is 5.03. The van der Waals surface area contributed by atoms with Gasteiger partial charge in [0.05, 0.1) is 12.1 Å². The predicted molar refractivity (Wildman–Crippen MR) is 110 cm³/mol. The highest BCUT2D eigenvalue weighted by Gasteiger charge is 2.31. The molecule has 1 saturated heterocycles. The van der Waals surface area contributed by atoms with E-state index in [-0.39, 0.29) is 6.03 Å². The molecule has 31 heavy (non-hydrogen) atoms. The Labute approximate surface area is 177 Å². The number of hydrogen-bond acceptors (Lipinski definition) is 4. The summed E-state index contributed by atoms with van der Waals surface area (Å²) in [6.45, 7) is 2.43. The lowest BCUT2D eigenvalue weighted by atomic mass is 10.2. The molecule has 1 aliphatic rings. The number of anilines is 2. The van der Waals surface area contributed by atoms with Crippen LogP contribution in [0, 0.1) is 0 Å². The largest absolute Gasteiger partial charge is 0.417 e. The van der Waals surface area contributed by atoms with Crippen molar-refractivity contribution in [2.45, 2.75) is 12.7 Å². The predicted octanol–water partition coefficient (Wildman–Crippen LogP) is 3.70. The Kier molecular flexibility index (Phi) is 5.79. The van der Waals surface area contributed by atoms with E-state index in [0.29, 0.717) is 44.4 Å². The summed E-state index contributed by atoms with van der Waals surface area (Å²) < 4.78 is 39.8. The molecule has 4 rings (SSSR count). The Hall–Kier alpha value is -3.56.